The zero-order valence-electron chi connectivity index (χ0n) is 15.3. The maximum absolute atomic E-state index is 14.0. The van der Waals surface area contributed by atoms with E-state index < -0.39 is 51.5 Å². The second-order valence-electron chi connectivity index (χ2n) is 7.46. The molecule has 1 amide bonds. The number of anilines is 1. The Hall–Kier alpha value is -1.59. The maximum Gasteiger partial charge on any atom is 0.273 e. The topological polar surface area (TPSA) is 81.1 Å². The van der Waals surface area contributed by atoms with Crippen LogP contribution in [0.25, 0.3) is 0 Å². The number of hydrogen-bond acceptors (Lipinski definition) is 4. The Morgan fingerprint density at radius 3 is 2.62 bits per heavy atom. The molecule has 1 aliphatic carbocycles. The van der Waals surface area contributed by atoms with Crippen LogP contribution < -0.4 is 5.32 Å². The van der Waals surface area contributed by atoms with E-state index in [1.165, 1.54) is 30.8 Å². The van der Waals surface area contributed by atoms with Crippen molar-refractivity contribution in [3.8, 4) is 0 Å². The van der Waals surface area contributed by atoms with Crippen molar-refractivity contribution in [1.29, 1.82) is 0 Å². The molecule has 0 unspecified atom stereocenters. The minimum absolute atomic E-state index is 0.109. The zero-order valence-corrected chi connectivity index (χ0v) is 18.4. The van der Waals surface area contributed by atoms with Crippen molar-refractivity contribution in [1.82, 2.24) is 9.55 Å². The molecule has 3 rings (SSSR count). The zero-order chi connectivity index (χ0) is 21.8. The van der Waals surface area contributed by atoms with Crippen molar-refractivity contribution >= 4 is 49.0 Å². The van der Waals surface area contributed by atoms with Gasteiger partial charge in [0.2, 0.25) is 5.92 Å². The number of amides is 1. The highest BCUT2D eigenvalue weighted by Gasteiger charge is 2.55. The molecule has 0 aromatic carbocycles. The molecule has 0 spiro atoms. The Morgan fingerprint density at radius 1 is 1.41 bits per heavy atom. The van der Waals surface area contributed by atoms with Gasteiger partial charge in [-0.25, -0.2) is 26.6 Å². The van der Waals surface area contributed by atoms with Gasteiger partial charge in [0.1, 0.15) is 15.2 Å². The van der Waals surface area contributed by atoms with Gasteiger partial charge in [-0.2, -0.15) is 0 Å². The summed E-state index contributed by atoms with van der Waals surface area (Å²) in [5.41, 5.74) is -1.46. The van der Waals surface area contributed by atoms with Gasteiger partial charge in [-0.05, 0) is 27.4 Å². The molecule has 12 heteroatoms. The highest BCUT2D eigenvalue weighted by Crippen LogP contribution is 2.53. The molecule has 0 aliphatic heterocycles. The summed E-state index contributed by atoms with van der Waals surface area (Å²) >= 11 is 9.07. The number of pyridine rings is 1. The van der Waals surface area contributed by atoms with Crippen LogP contribution in [0.2, 0.25) is 5.02 Å². The minimum atomic E-state index is -4.04. The van der Waals surface area contributed by atoms with E-state index in [4.69, 9.17) is 11.6 Å². The molecule has 0 bridgehead atoms. The van der Waals surface area contributed by atoms with E-state index in [-0.39, 0.29) is 25.9 Å². The maximum atomic E-state index is 14.0. The number of sulfone groups is 1. The normalized spacial score (nSPS) is 17.6. The van der Waals surface area contributed by atoms with Crippen molar-refractivity contribution in [3.05, 3.63) is 39.6 Å². The third kappa shape index (κ3) is 4.31. The molecule has 2 aromatic rings. The van der Waals surface area contributed by atoms with E-state index >= 15 is 0 Å². The summed E-state index contributed by atoms with van der Waals surface area (Å²) in [6, 6.07) is 1.23. The van der Waals surface area contributed by atoms with E-state index in [1.807, 2.05) is 0 Å². The van der Waals surface area contributed by atoms with Gasteiger partial charge >= 0.3 is 0 Å². The average molecular weight is 515 g/mol. The van der Waals surface area contributed by atoms with Crippen LogP contribution >= 0.6 is 27.5 Å². The van der Waals surface area contributed by atoms with Gasteiger partial charge in [-0.3, -0.25) is 4.79 Å². The first-order valence-corrected chi connectivity index (χ1v) is 11.1. The Morgan fingerprint density at radius 2 is 2.03 bits per heavy atom. The van der Waals surface area contributed by atoms with Gasteiger partial charge < -0.3 is 9.88 Å². The first-order chi connectivity index (χ1) is 13.2. The Bertz CT molecular complexity index is 1100. The predicted molar refractivity (Wildman–Crippen MR) is 105 cm³/mol. The van der Waals surface area contributed by atoms with Crippen molar-refractivity contribution in [2.75, 3.05) is 11.1 Å². The van der Waals surface area contributed by atoms with Crippen LogP contribution in [0.1, 0.15) is 30.3 Å². The lowest BCUT2D eigenvalue weighted by atomic mass is 9.69. The Labute approximate surface area is 178 Å². The van der Waals surface area contributed by atoms with Crippen LogP contribution in [0, 0.1) is 11.2 Å². The number of halogens is 5. The van der Waals surface area contributed by atoms with Crippen molar-refractivity contribution in [2.24, 2.45) is 12.5 Å². The third-order valence-electron chi connectivity index (χ3n) is 4.64. The summed E-state index contributed by atoms with van der Waals surface area (Å²) < 4.78 is 67.1. The first kappa shape index (κ1) is 22.1. The molecular weight excluding hydrogens is 499 g/mol. The van der Waals surface area contributed by atoms with Crippen molar-refractivity contribution in [2.45, 2.75) is 30.6 Å². The lowest BCUT2D eigenvalue weighted by Crippen LogP contribution is -2.47. The molecule has 0 saturated heterocycles. The number of hydrogen-bond donors (Lipinski definition) is 1. The van der Waals surface area contributed by atoms with Gasteiger partial charge in [-0.1, -0.05) is 18.5 Å². The van der Waals surface area contributed by atoms with Crippen LogP contribution in [0.15, 0.2) is 28.0 Å². The van der Waals surface area contributed by atoms with E-state index in [9.17, 15) is 26.4 Å². The lowest BCUT2D eigenvalue weighted by molar-refractivity contribution is -0.144. The molecular formula is C17H16BrClF3N3O3S. The molecule has 1 N–H and O–H groups in total. The molecule has 1 aliphatic rings. The third-order valence-corrected chi connectivity index (χ3v) is 7.75. The number of alkyl halides is 2. The van der Waals surface area contributed by atoms with Gasteiger partial charge in [0.15, 0.2) is 15.7 Å². The largest absolute Gasteiger partial charge is 0.344 e. The summed E-state index contributed by atoms with van der Waals surface area (Å²) in [5, 5.41) is 1.96. The molecule has 29 heavy (non-hydrogen) atoms. The average Bonchev–Trinajstić information content (AvgIpc) is 2.84. The highest BCUT2D eigenvalue weighted by atomic mass is 79.9. The van der Waals surface area contributed by atoms with Crippen LogP contribution in [-0.2, 0) is 16.9 Å². The molecule has 2 heterocycles. The SMILES string of the molecule is Cn1cc(S(=O)(=O)CC2(C)CC(F)(F)C2)c(Cl)c1C(=O)Nc1ccnc(Br)c1F. The van der Waals surface area contributed by atoms with Crippen molar-refractivity contribution in [3.63, 3.8) is 0 Å². The fraction of sp³-hybridized carbons (Fsp3) is 0.412. The molecule has 0 atom stereocenters. The lowest BCUT2D eigenvalue weighted by Gasteiger charge is -2.44. The predicted octanol–water partition coefficient (Wildman–Crippen LogP) is 4.44. The number of nitrogens with zero attached hydrogens (tertiary/aromatic N) is 2. The van der Waals surface area contributed by atoms with Crippen LogP contribution in [0.3, 0.4) is 0 Å². The minimum Gasteiger partial charge on any atom is -0.344 e. The number of carbonyl (C=O) groups is 1. The fourth-order valence-electron chi connectivity index (χ4n) is 3.58. The fourth-order valence-corrected chi connectivity index (χ4v) is 6.50. The molecule has 158 valence electrons. The summed E-state index contributed by atoms with van der Waals surface area (Å²) in [6.45, 7) is 1.47. The summed E-state index contributed by atoms with van der Waals surface area (Å²) in [6.07, 6.45) is 1.34. The number of rotatable bonds is 5. The van der Waals surface area contributed by atoms with Crippen LogP contribution in [0.5, 0.6) is 0 Å². The molecule has 6 nitrogen and oxygen atoms in total. The van der Waals surface area contributed by atoms with E-state index in [1.54, 1.807) is 0 Å². The number of nitrogens with one attached hydrogen (secondary N) is 1. The van der Waals surface area contributed by atoms with Crippen molar-refractivity contribution < 1.29 is 26.4 Å². The van der Waals surface area contributed by atoms with E-state index in [2.05, 4.69) is 26.2 Å². The van der Waals surface area contributed by atoms with Crippen LogP contribution in [-0.4, -0.2) is 35.6 Å². The smallest absolute Gasteiger partial charge is 0.273 e. The van der Waals surface area contributed by atoms with Gasteiger partial charge in [0.25, 0.3) is 5.91 Å². The molecule has 0 radical (unpaired) electrons. The first-order valence-electron chi connectivity index (χ1n) is 8.31. The molecule has 2 aromatic heterocycles. The van der Waals surface area contributed by atoms with Crippen LogP contribution in [0.4, 0.5) is 18.9 Å². The summed E-state index contributed by atoms with van der Waals surface area (Å²) in [5.74, 6) is -5.04. The van der Waals surface area contributed by atoms with Gasteiger partial charge in [-0.15, -0.1) is 0 Å². The Balaban J connectivity index is 1.88. The number of aryl methyl sites for hydroxylation is 1. The summed E-state index contributed by atoms with van der Waals surface area (Å²) in [7, 11) is -2.64. The standard InChI is InChI=1S/C17H16BrClF3N3O3S/c1-16(6-17(21,22)7-16)8-29(27,28)10-5-25(2)13(11(10)19)15(26)24-9-3-4-23-14(18)12(9)20/h3-5H,6-8H2,1-2H3,(H,23,24,26). The van der Waals surface area contributed by atoms with E-state index in [0.717, 1.165) is 6.20 Å². The summed E-state index contributed by atoms with van der Waals surface area (Å²) in [4.78, 5) is 15.9. The van der Waals surface area contributed by atoms with Gasteiger partial charge in [0, 0.05) is 32.3 Å². The molecule has 1 saturated carbocycles. The molecule has 1 fully saturated rings. The number of aromatic nitrogens is 2. The number of carbonyl (C=O) groups excluding carboxylic acids is 1. The van der Waals surface area contributed by atoms with Gasteiger partial charge in [0.05, 0.1) is 16.5 Å². The highest BCUT2D eigenvalue weighted by molar-refractivity contribution is 9.10. The van der Waals surface area contributed by atoms with E-state index in [0.29, 0.717) is 0 Å². The Kier molecular flexibility index (Phi) is 5.55. The second-order valence-corrected chi connectivity index (χ2v) is 10.6. The quantitative estimate of drug-likeness (QED) is 0.599. The second kappa shape index (κ2) is 7.28. The monoisotopic (exact) mass is 513 g/mol.